The summed E-state index contributed by atoms with van der Waals surface area (Å²) in [6.07, 6.45) is 2.33. The highest BCUT2D eigenvalue weighted by atomic mass is 16.1. The van der Waals surface area contributed by atoms with E-state index < -0.39 is 0 Å². The molecule has 2 aromatic heterocycles. The zero-order valence-corrected chi connectivity index (χ0v) is 11.0. The molecule has 0 fully saturated rings. The maximum Gasteiger partial charge on any atom is 0.276 e. The molecule has 0 aliphatic rings. The first-order valence-corrected chi connectivity index (χ1v) is 6.26. The van der Waals surface area contributed by atoms with Crippen LogP contribution in [0.15, 0.2) is 41.3 Å². The third kappa shape index (κ3) is 2.05. The number of nitrogens with zero attached hydrogens (tertiary/aromatic N) is 2. The van der Waals surface area contributed by atoms with E-state index in [4.69, 9.17) is 0 Å². The number of aryl methyl sites for hydroxylation is 2. The van der Waals surface area contributed by atoms with Gasteiger partial charge in [0.05, 0.1) is 0 Å². The Bertz CT molecular complexity index is 781. The van der Waals surface area contributed by atoms with E-state index in [1.807, 2.05) is 6.92 Å². The van der Waals surface area contributed by atoms with Crippen LogP contribution in [0.5, 0.6) is 0 Å². The number of nitrogens with one attached hydrogen (secondary N) is 1. The van der Waals surface area contributed by atoms with E-state index in [-0.39, 0.29) is 5.56 Å². The fraction of sp³-hybridized carbons (Fsp3) is 0.200. The number of benzene rings is 1. The molecule has 2 heterocycles. The summed E-state index contributed by atoms with van der Waals surface area (Å²) in [6.45, 7) is 3.94. The van der Waals surface area contributed by atoms with E-state index in [1.165, 1.54) is 10.1 Å². The lowest BCUT2D eigenvalue weighted by Gasteiger charge is -2.06. The lowest BCUT2D eigenvalue weighted by molar-refractivity contribution is 0.859. The average molecular weight is 253 g/mol. The van der Waals surface area contributed by atoms with Crippen molar-refractivity contribution in [3.63, 3.8) is 0 Å². The minimum atomic E-state index is -0.0203. The van der Waals surface area contributed by atoms with Crippen molar-refractivity contribution in [2.75, 3.05) is 0 Å². The number of hydrogen-bond acceptors (Lipinski definition) is 2. The smallest absolute Gasteiger partial charge is 0.276 e. The van der Waals surface area contributed by atoms with Crippen molar-refractivity contribution in [3.8, 4) is 0 Å². The van der Waals surface area contributed by atoms with Crippen LogP contribution in [0.2, 0.25) is 0 Å². The van der Waals surface area contributed by atoms with Gasteiger partial charge in [0.1, 0.15) is 0 Å². The quantitative estimate of drug-likeness (QED) is 0.761. The van der Waals surface area contributed by atoms with E-state index in [0.717, 1.165) is 16.8 Å². The van der Waals surface area contributed by atoms with Crippen LogP contribution >= 0.6 is 0 Å². The molecule has 3 aromatic rings. The topological polar surface area (TPSA) is 50.2 Å². The van der Waals surface area contributed by atoms with E-state index in [9.17, 15) is 4.79 Å². The van der Waals surface area contributed by atoms with Crippen molar-refractivity contribution in [1.29, 1.82) is 0 Å². The molecule has 3 rings (SSSR count). The molecule has 0 radical (unpaired) electrons. The summed E-state index contributed by atoms with van der Waals surface area (Å²) in [7, 11) is 0. The number of hydrogen-bond donors (Lipinski definition) is 1. The van der Waals surface area contributed by atoms with E-state index in [1.54, 1.807) is 12.3 Å². The molecule has 19 heavy (non-hydrogen) atoms. The first kappa shape index (κ1) is 11.7. The minimum absolute atomic E-state index is 0.0203. The Balaban J connectivity index is 2.09. The molecule has 1 aromatic carbocycles. The molecule has 0 saturated heterocycles. The molecule has 0 aliphatic heterocycles. The first-order valence-electron chi connectivity index (χ1n) is 6.26. The molecule has 0 atom stereocenters. The van der Waals surface area contributed by atoms with Gasteiger partial charge in [-0.2, -0.15) is 0 Å². The molecule has 0 aliphatic carbocycles. The van der Waals surface area contributed by atoms with E-state index >= 15 is 0 Å². The van der Waals surface area contributed by atoms with Crippen LogP contribution in [0.4, 0.5) is 0 Å². The van der Waals surface area contributed by atoms with Gasteiger partial charge in [-0.15, -0.1) is 0 Å². The van der Waals surface area contributed by atoms with Gasteiger partial charge in [-0.25, -0.2) is 9.50 Å². The second-order valence-electron chi connectivity index (χ2n) is 4.80. The van der Waals surface area contributed by atoms with E-state index in [0.29, 0.717) is 12.1 Å². The molecular formula is C15H15N3O. The Morgan fingerprint density at radius 1 is 1.16 bits per heavy atom. The summed E-state index contributed by atoms with van der Waals surface area (Å²) in [5.41, 5.74) is 4.52. The number of rotatable bonds is 2. The van der Waals surface area contributed by atoms with Gasteiger partial charge in [-0.3, -0.25) is 9.89 Å². The zero-order chi connectivity index (χ0) is 13.4. The molecule has 0 amide bonds. The standard InChI is InChI=1S/C15H15N3O/c1-10-3-5-12(6-4-10)9-13-11(2)17-14-7-8-16-18(14)15(13)19/h3-8,16H,9H2,1-2H3. The number of aromatic amines is 1. The molecule has 1 N–H and O–H groups in total. The summed E-state index contributed by atoms with van der Waals surface area (Å²) in [5.74, 6) is 0. The van der Waals surface area contributed by atoms with Gasteiger partial charge < -0.3 is 0 Å². The molecule has 0 spiro atoms. The van der Waals surface area contributed by atoms with Gasteiger partial charge in [0.15, 0.2) is 5.65 Å². The normalized spacial score (nSPS) is 11.1. The number of fused-ring (bicyclic) bond motifs is 1. The van der Waals surface area contributed by atoms with Gasteiger partial charge >= 0.3 is 0 Å². The zero-order valence-electron chi connectivity index (χ0n) is 11.0. The SMILES string of the molecule is Cc1ccc(Cc2c(C)nc3cc[nH]n3c2=O)cc1. The highest BCUT2D eigenvalue weighted by molar-refractivity contribution is 5.40. The summed E-state index contributed by atoms with van der Waals surface area (Å²) < 4.78 is 1.48. The molecule has 0 bridgehead atoms. The third-order valence-corrected chi connectivity index (χ3v) is 3.35. The van der Waals surface area contributed by atoms with Crippen molar-refractivity contribution >= 4 is 5.65 Å². The Morgan fingerprint density at radius 3 is 2.63 bits per heavy atom. The Labute approximate surface area is 110 Å². The first-order chi connectivity index (χ1) is 9.15. The van der Waals surface area contributed by atoms with Gasteiger partial charge in [0, 0.05) is 29.9 Å². The summed E-state index contributed by atoms with van der Waals surface area (Å²) in [4.78, 5) is 16.8. The van der Waals surface area contributed by atoms with Crippen LogP contribution in [0.1, 0.15) is 22.4 Å². The Kier molecular flexibility index (Phi) is 2.71. The van der Waals surface area contributed by atoms with Crippen LogP contribution in [0.3, 0.4) is 0 Å². The largest absolute Gasteiger partial charge is 0.297 e. The van der Waals surface area contributed by atoms with Crippen molar-refractivity contribution in [1.82, 2.24) is 14.6 Å². The molecule has 0 unspecified atom stereocenters. The monoisotopic (exact) mass is 253 g/mol. The van der Waals surface area contributed by atoms with Gasteiger partial charge in [0.25, 0.3) is 5.56 Å². The molecule has 4 heteroatoms. The summed E-state index contributed by atoms with van der Waals surface area (Å²) in [5, 5.41) is 2.89. The Morgan fingerprint density at radius 2 is 1.89 bits per heavy atom. The Hall–Kier alpha value is -2.36. The van der Waals surface area contributed by atoms with Gasteiger partial charge in [-0.05, 0) is 19.4 Å². The lowest BCUT2D eigenvalue weighted by atomic mass is 10.0. The van der Waals surface area contributed by atoms with Crippen molar-refractivity contribution < 1.29 is 0 Å². The summed E-state index contributed by atoms with van der Waals surface area (Å²) in [6, 6.07) is 10.0. The van der Waals surface area contributed by atoms with Crippen molar-refractivity contribution in [3.05, 3.63) is 69.3 Å². The molecule has 96 valence electrons. The minimum Gasteiger partial charge on any atom is -0.297 e. The highest BCUT2D eigenvalue weighted by Crippen LogP contribution is 2.11. The van der Waals surface area contributed by atoms with Crippen molar-refractivity contribution in [2.45, 2.75) is 20.3 Å². The van der Waals surface area contributed by atoms with Crippen molar-refractivity contribution in [2.24, 2.45) is 0 Å². The van der Waals surface area contributed by atoms with Gasteiger partial charge in [-0.1, -0.05) is 29.8 Å². The van der Waals surface area contributed by atoms with Crippen LogP contribution in [-0.2, 0) is 6.42 Å². The predicted octanol–water partition coefficient (Wildman–Crippen LogP) is 2.23. The maximum absolute atomic E-state index is 12.4. The molecule has 4 nitrogen and oxygen atoms in total. The molecular weight excluding hydrogens is 238 g/mol. The van der Waals surface area contributed by atoms with E-state index in [2.05, 4.69) is 41.3 Å². The molecule has 0 saturated carbocycles. The highest BCUT2D eigenvalue weighted by Gasteiger charge is 2.10. The lowest BCUT2D eigenvalue weighted by Crippen LogP contribution is -2.21. The van der Waals surface area contributed by atoms with Crippen LogP contribution in [0.25, 0.3) is 5.65 Å². The number of H-pyrrole nitrogens is 1. The fourth-order valence-corrected chi connectivity index (χ4v) is 2.22. The second kappa shape index (κ2) is 4.39. The average Bonchev–Trinajstić information content (AvgIpc) is 2.85. The second-order valence-corrected chi connectivity index (χ2v) is 4.80. The summed E-state index contributed by atoms with van der Waals surface area (Å²) >= 11 is 0. The van der Waals surface area contributed by atoms with Crippen LogP contribution in [-0.4, -0.2) is 14.6 Å². The number of aromatic nitrogens is 3. The van der Waals surface area contributed by atoms with Crippen LogP contribution < -0.4 is 5.56 Å². The van der Waals surface area contributed by atoms with Crippen LogP contribution in [0, 0.1) is 13.8 Å². The maximum atomic E-state index is 12.4. The van der Waals surface area contributed by atoms with Gasteiger partial charge in [0.2, 0.25) is 0 Å². The third-order valence-electron chi connectivity index (χ3n) is 3.35. The predicted molar refractivity (Wildman–Crippen MR) is 74.5 cm³/mol. The fourth-order valence-electron chi connectivity index (χ4n) is 2.22.